The lowest BCUT2D eigenvalue weighted by atomic mass is 9.96. The average Bonchev–Trinajstić information content (AvgIpc) is 2.47. The molecule has 0 fully saturated rings. The highest BCUT2D eigenvalue weighted by Gasteiger charge is 2.15. The van der Waals surface area contributed by atoms with Gasteiger partial charge in [-0.25, -0.2) is 0 Å². The molecule has 0 amide bonds. The predicted octanol–water partition coefficient (Wildman–Crippen LogP) is 5.11. The van der Waals surface area contributed by atoms with Crippen molar-refractivity contribution in [1.29, 1.82) is 0 Å². The van der Waals surface area contributed by atoms with Crippen LogP contribution < -0.4 is 0 Å². The van der Waals surface area contributed by atoms with E-state index in [9.17, 15) is 0 Å². The number of nitrogens with zero attached hydrogens (tertiary/aromatic N) is 1. The number of aryl methyl sites for hydroxylation is 1. The molecule has 0 N–H and O–H groups in total. The fraction of sp³-hybridized carbons (Fsp3) is 0.200. The number of likely N-dealkylation sites (N-methyl/N-ethyl adjacent to an activating group) is 1. The standard InChI is InChI=1S/C20H21N/c1-15-6-4-7-17(12-15)18-8-5-9-19(13-18)20-11-10-16(2)14-21(20)3/h4-14,20H,1-3H3. The summed E-state index contributed by atoms with van der Waals surface area (Å²) in [7, 11) is 2.14. The molecule has 0 spiro atoms. The van der Waals surface area contributed by atoms with Crippen molar-refractivity contribution < 1.29 is 0 Å². The van der Waals surface area contributed by atoms with E-state index in [1.165, 1.54) is 27.8 Å². The van der Waals surface area contributed by atoms with E-state index in [1.54, 1.807) is 0 Å². The Kier molecular flexibility index (Phi) is 3.66. The van der Waals surface area contributed by atoms with Gasteiger partial charge in [-0.1, -0.05) is 60.2 Å². The summed E-state index contributed by atoms with van der Waals surface area (Å²) in [6.07, 6.45) is 6.67. The zero-order valence-electron chi connectivity index (χ0n) is 12.9. The van der Waals surface area contributed by atoms with Crippen molar-refractivity contribution in [3.05, 3.63) is 83.6 Å². The van der Waals surface area contributed by atoms with Gasteiger partial charge in [0.25, 0.3) is 0 Å². The predicted molar refractivity (Wildman–Crippen MR) is 90.0 cm³/mol. The second-order valence-electron chi connectivity index (χ2n) is 5.84. The highest BCUT2D eigenvalue weighted by Crippen LogP contribution is 2.29. The second kappa shape index (κ2) is 5.61. The Labute approximate surface area is 127 Å². The number of allylic oxidation sites excluding steroid dienone is 2. The van der Waals surface area contributed by atoms with E-state index in [4.69, 9.17) is 0 Å². The van der Waals surface area contributed by atoms with E-state index in [0.717, 1.165) is 0 Å². The van der Waals surface area contributed by atoms with Crippen LogP contribution in [0.15, 0.2) is 72.5 Å². The molecule has 0 aliphatic carbocycles. The third-order valence-electron chi connectivity index (χ3n) is 3.97. The summed E-state index contributed by atoms with van der Waals surface area (Å²) in [4.78, 5) is 2.27. The number of hydrogen-bond acceptors (Lipinski definition) is 1. The highest BCUT2D eigenvalue weighted by molar-refractivity contribution is 5.65. The van der Waals surface area contributed by atoms with Crippen LogP contribution in [0.2, 0.25) is 0 Å². The van der Waals surface area contributed by atoms with Crippen LogP contribution in [-0.4, -0.2) is 11.9 Å². The minimum atomic E-state index is 0.318. The molecule has 1 atom stereocenters. The van der Waals surface area contributed by atoms with E-state index >= 15 is 0 Å². The SMILES string of the molecule is CC1=CN(C)C(c2cccc(-c3cccc(C)c3)c2)C=C1. The largest absolute Gasteiger partial charge is 0.370 e. The molecule has 1 heterocycles. The Hall–Kier alpha value is -2.28. The summed E-state index contributed by atoms with van der Waals surface area (Å²) in [5.74, 6) is 0. The van der Waals surface area contributed by atoms with Crippen LogP contribution >= 0.6 is 0 Å². The molecule has 1 aliphatic rings. The molecule has 0 saturated heterocycles. The smallest absolute Gasteiger partial charge is 0.0721 e. The first-order valence-corrected chi connectivity index (χ1v) is 7.39. The molecule has 1 heteroatoms. The van der Waals surface area contributed by atoms with Crippen molar-refractivity contribution in [3.8, 4) is 11.1 Å². The second-order valence-corrected chi connectivity index (χ2v) is 5.84. The van der Waals surface area contributed by atoms with Crippen LogP contribution in [0.5, 0.6) is 0 Å². The van der Waals surface area contributed by atoms with E-state index < -0.39 is 0 Å². The molecule has 0 aromatic heterocycles. The first-order valence-electron chi connectivity index (χ1n) is 7.39. The van der Waals surface area contributed by atoms with Gasteiger partial charge < -0.3 is 4.90 Å². The lowest BCUT2D eigenvalue weighted by Gasteiger charge is -2.28. The zero-order chi connectivity index (χ0) is 14.8. The van der Waals surface area contributed by atoms with Crippen LogP contribution in [0, 0.1) is 6.92 Å². The molecule has 1 aliphatic heterocycles. The third-order valence-corrected chi connectivity index (χ3v) is 3.97. The molecular formula is C20H21N. The molecule has 1 unspecified atom stereocenters. The Morgan fingerprint density at radius 1 is 0.905 bits per heavy atom. The van der Waals surface area contributed by atoms with Gasteiger partial charge in [0.15, 0.2) is 0 Å². The Bertz CT molecular complexity index is 709. The van der Waals surface area contributed by atoms with Crippen molar-refractivity contribution in [1.82, 2.24) is 4.90 Å². The van der Waals surface area contributed by atoms with Crippen molar-refractivity contribution in [2.75, 3.05) is 7.05 Å². The van der Waals surface area contributed by atoms with Crippen LogP contribution in [0.25, 0.3) is 11.1 Å². The summed E-state index contributed by atoms with van der Waals surface area (Å²) in [5, 5.41) is 0. The fourth-order valence-corrected chi connectivity index (χ4v) is 2.90. The summed E-state index contributed by atoms with van der Waals surface area (Å²) < 4.78 is 0. The lowest BCUT2D eigenvalue weighted by molar-refractivity contribution is 0.386. The van der Waals surface area contributed by atoms with Gasteiger partial charge in [-0.15, -0.1) is 0 Å². The van der Waals surface area contributed by atoms with Gasteiger partial charge in [-0.05, 0) is 42.2 Å². The highest BCUT2D eigenvalue weighted by atomic mass is 15.1. The molecule has 3 rings (SSSR count). The van der Waals surface area contributed by atoms with E-state index in [1.807, 2.05) is 0 Å². The van der Waals surface area contributed by atoms with E-state index in [0.29, 0.717) is 6.04 Å². The van der Waals surface area contributed by atoms with Crippen LogP contribution in [0.3, 0.4) is 0 Å². The van der Waals surface area contributed by atoms with Crippen LogP contribution in [-0.2, 0) is 0 Å². The van der Waals surface area contributed by atoms with Gasteiger partial charge in [0.05, 0.1) is 6.04 Å². The van der Waals surface area contributed by atoms with Gasteiger partial charge in [-0.3, -0.25) is 0 Å². The van der Waals surface area contributed by atoms with Crippen molar-refractivity contribution >= 4 is 0 Å². The Morgan fingerprint density at radius 2 is 1.62 bits per heavy atom. The fourth-order valence-electron chi connectivity index (χ4n) is 2.90. The monoisotopic (exact) mass is 275 g/mol. The summed E-state index contributed by atoms with van der Waals surface area (Å²) >= 11 is 0. The normalized spacial score (nSPS) is 17.8. The molecule has 1 nitrogen and oxygen atoms in total. The average molecular weight is 275 g/mol. The Balaban J connectivity index is 1.96. The summed E-state index contributed by atoms with van der Waals surface area (Å²) in [6.45, 7) is 4.27. The molecule has 0 radical (unpaired) electrons. The topological polar surface area (TPSA) is 3.24 Å². The van der Waals surface area contributed by atoms with Crippen LogP contribution in [0.4, 0.5) is 0 Å². The molecule has 2 aromatic carbocycles. The van der Waals surface area contributed by atoms with Crippen molar-refractivity contribution in [2.45, 2.75) is 19.9 Å². The van der Waals surface area contributed by atoms with Crippen molar-refractivity contribution in [2.24, 2.45) is 0 Å². The van der Waals surface area contributed by atoms with E-state index in [2.05, 4.69) is 92.7 Å². The molecule has 0 bridgehead atoms. The van der Waals surface area contributed by atoms with Crippen molar-refractivity contribution in [3.63, 3.8) is 0 Å². The summed E-state index contributed by atoms with van der Waals surface area (Å²) in [6, 6.07) is 17.8. The molecule has 0 saturated carbocycles. The minimum absolute atomic E-state index is 0.318. The molecule has 2 aromatic rings. The Morgan fingerprint density at radius 3 is 2.33 bits per heavy atom. The number of hydrogen-bond donors (Lipinski definition) is 0. The molecule has 106 valence electrons. The minimum Gasteiger partial charge on any atom is -0.370 e. The maximum atomic E-state index is 2.30. The third kappa shape index (κ3) is 2.92. The summed E-state index contributed by atoms with van der Waals surface area (Å²) in [5.41, 5.74) is 6.49. The lowest BCUT2D eigenvalue weighted by Crippen LogP contribution is -2.19. The first kappa shape index (κ1) is 13.7. The number of rotatable bonds is 2. The van der Waals surface area contributed by atoms with Gasteiger partial charge >= 0.3 is 0 Å². The quantitative estimate of drug-likeness (QED) is 0.736. The maximum Gasteiger partial charge on any atom is 0.0721 e. The van der Waals surface area contributed by atoms with Gasteiger partial charge in [-0.2, -0.15) is 0 Å². The van der Waals surface area contributed by atoms with Crippen LogP contribution in [0.1, 0.15) is 24.1 Å². The molecular weight excluding hydrogens is 254 g/mol. The first-order chi connectivity index (χ1) is 10.1. The van der Waals surface area contributed by atoms with Gasteiger partial charge in [0.2, 0.25) is 0 Å². The van der Waals surface area contributed by atoms with Gasteiger partial charge in [0.1, 0.15) is 0 Å². The van der Waals surface area contributed by atoms with E-state index in [-0.39, 0.29) is 0 Å². The zero-order valence-corrected chi connectivity index (χ0v) is 12.9. The number of benzene rings is 2. The van der Waals surface area contributed by atoms with Gasteiger partial charge in [0, 0.05) is 13.2 Å². The maximum absolute atomic E-state index is 2.30. The molecule has 21 heavy (non-hydrogen) atoms.